The third-order valence-corrected chi connectivity index (χ3v) is 3.78. The predicted octanol–water partition coefficient (Wildman–Crippen LogP) is 6.69. The highest BCUT2D eigenvalue weighted by Gasteiger charge is 2.13. The van der Waals surface area contributed by atoms with Crippen LogP contribution in [0.5, 0.6) is 5.75 Å². The fourth-order valence-corrected chi connectivity index (χ4v) is 2.52. The van der Waals surface area contributed by atoms with Crippen molar-refractivity contribution in [3.8, 4) is 5.75 Å². The molecule has 2 rings (SSSR count). The van der Waals surface area contributed by atoms with Gasteiger partial charge in [0, 0.05) is 0 Å². The molecule has 0 aliphatic rings. The van der Waals surface area contributed by atoms with E-state index in [4.69, 9.17) is 0 Å². The van der Waals surface area contributed by atoms with Gasteiger partial charge in [-0.1, -0.05) is 59.7 Å². The minimum absolute atomic E-state index is 0.122. The maximum absolute atomic E-state index is 10.2. The van der Waals surface area contributed by atoms with E-state index in [1.54, 1.807) is 6.07 Å². The summed E-state index contributed by atoms with van der Waals surface area (Å²) in [7, 11) is 0. The molecule has 24 heavy (non-hydrogen) atoms. The van der Waals surface area contributed by atoms with E-state index in [-0.39, 0.29) is 16.6 Å². The first-order valence-corrected chi connectivity index (χ1v) is 8.39. The van der Waals surface area contributed by atoms with Crippen LogP contribution in [-0.4, -0.2) is 5.11 Å². The van der Waals surface area contributed by atoms with Gasteiger partial charge in [-0.05, 0) is 52.6 Å². The Morgan fingerprint density at radius 3 is 1.96 bits per heavy atom. The molecule has 0 saturated carbocycles. The molecule has 0 atom stereocenters. The van der Waals surface area contributed by atoms with Gasteiger partial charge in [0.15, 0.2) is 0 Å². The number of aromatic hydroxyl groups is 1. The van der Waals surface area contributed by atoms with Crippen molar-refractivity contribution in [2.75, 3.05) is 0 Å². The molecule has 2 aromatic carbocycles. The smallest absolute Gasteiger partial charge is 0.143 e. The molecule has 1 N–H and O–H groups in total. The van der Waals surface area contributed by atoms with Gasteiger partial charge in [0.1, 0.15) is 11.4 Å². The maximum atomic E-state index is 10.2. The third-order valence-electron chi connectivity index (χ3n) is 3.78. The summed E-state index contributed by atoms with van der Waals surface area (Å²) in [6.45, 7) is 13.1. The van der Waals surface area contributed by atoms with Gasteiger partial charge in [-0.3, -0.25) is 0 Å². The molecule has 0 amide bonds. The largest absolute Gasteiger partial charge is 0.506 e. The van der Waals surface area contributed by atoms with E-state index in [0.717, 1.165) is 17.7 Å². The highest BCUT2D eigenvalue weighted by Crippen LogP contribution is 2.32. The SMILES string of the molecule is CC(C)(C)Cc1ccc(N=Nc2ccc(C(C)(C)C)cc2)c(O)c1. The lowest BCUT2D eigenvalue weighted by Crippen LogP contribution is -2.10. The topological polar surface area (TPSA) is 45.0 Å². The molecular formula is C21H28N2O. The van der Waals surface area contributed by atoms with Gasteiger partial charge in [-0.2, -0.15) is 5.11 Å². The van der Waals surface area contributed by atoms with Gasteiger partial charge in [0.25, 0.3) is 0 Å². The van der Waals surface area contributed by atoms with Crippen molar-refractivity contribution < 1.29 is 5.11 Å². The van der Waals surface area contributed by atoms with E-state index in [1.807, 2.05) is 24.3 Å². The molecule has 3 nitrogen and oxygen atoms in total. The van der Waals surface area contributed by atoms with Crippen LogP contribution in [0.25, 0.3) is 0 Å². The zero-order valence-corrected chi connectivity index (χ0v) is 15.6. The van der Waals surface area contributed by atoms with Crippen LogP contribution < -0.4 is 0 Å². The van der Waals surface area contributed by atoms with Crippen LogP contribution in [0.2, 0.25) is 0 Å². The summed E-state index contributed by atoms with van der Waals surface area (Å²) in [5, 5.41) is 18.6. The van der Waals surface area contributed by atoms with Crippen molar-refractivity contribution in [2.24, 2.45) is 15.6 Å². The van der Waals surface area contributed by atoms with Crippen LogP contribution in [0.15, 0.2) is 52.7 Å². The van der Waals surface area contributed by atoms with Crippen molar-refractivity contribution in [1.82, 2.24) is 0 Å². The van der Waals surface area contributed by atoms with E-state index in [1.165, 1.54) is 5.56 Å². The fourth-order valence-electron chi connectivity index (χ4n) is 2.52. The standard InChI is InChI=1S/C21H28N2O/c1-20(2,3)14-15-7-12-18(19(24)13-15)23-22-17-10-8-16(9-11-17)21(4,5)6/h7-13,24H,14H2,1-6H3. The van der Waals surface area contributed by atoms with E-state index >= 15 is 0 Å². The van der Waals surface area contributed by atoms with Crippen molar-refractivity contribution in [3.05, 3.63) is 53.6 Å². The van der Waals surface area contributed by atoms with Crippen LogP contribution in [0.4, 0.5) is 11.4 Å². The minimum Gasteiger partial charge on any atom is -0.506 e. The number of hydrogen-bond acceptors (Lipinski definition) is 3. The minimum atomic E-state index is 0.122. The monoisotopic (exact) mass is 324 g/mol. The number of benzene rings is 2. The second-order valence-electron chi connectivity index (χ2n) is 8.56. The summed E-state index contributed by atoms with van der Waals surface area (Å²) in [6.07, 6.45) is 0.909. The number of hydrogen-bond donors (Lipinski definition) is 1. The van der Waals surface area contributed by atoms with Crippen molar-refractivity contribution >= 4 is 11.4 Å². The van der Waals surface area contributed by atoms with Gasteiger partial charge in [0.05, 0.1) is 5.69 Å². The normalized spacial score (nSPS) is 12.8. The van der Waals surface area contributed by atoms with Crippen molar-refractivity contribution in [3.63, 3.8) is 0 Å². The lowest BCUT2D eigenvalue weighted by Gasteiger charge is -2.18. The Hall–Kier alpha value is -2.16. The zero-order valence-electron chi connectivity index (χ0n) is 15.6. The van der Waals surface area contributed by atoms with Crippen LogP contribution in [0.1, 0.15) is 52.7 Å². The summed E-state index contributed by atoms with van der Waals surface area (Å²) in [4.78, 5) is 0. The maximum Gasteiger partial charge on any atom is 0.143 e. The number of nitrogens with zero attached hydrogens (tertiary/aromatic N) is 2. The van der Waals surface area contributed by atoms with E-state index in [2.05, 4.69) is 63.9 Å². The Balaban J connectivity index is 2.14. The lowest BCUT2D eigenvalue weighted by atomic mass is 9.87. The summed E-state index contributed by atoms with van der Waals surface area (Å²) in [5.41, 5.74) is 3.94. The van der Waals surface area contributed by atoms with Crippen LogP contribution in [0.3, 0.4) is 0 Å². The molecule has 128 valence electrons. The number of azo groups is 1. The molecule has 0 aliphatic heterocycles. The number of rotatable bonds is 3. The number of phenols is 1. The number of phenolic OH excluding ortho intramolecular Hbond substituents is 1. The fraction of sp³-hybridized carbons (Fsp3) is 0.429. The summed E-state index contributed by atoms with van der Waals surface area (Å²) >= 11 is 0. The Morgan fingerprint density at radius 2 is 1.46 bits per heavy atom. The molecule has 0 radical (unpaired) electrons. The van der Waals surface area contributed by atoms with Gasteiger partial charge >= 0.3 is 0 Å². The molecular weight excluding hydrogens is 296 g/mol. The Labute approximate surface area is 145 Å². The first-order valence-electron chi connectivity index (χ1n) is 8.39. The van der Waals surface area contributed by atoms with Gasteiger partial charge in [0.2, 0.25) is 0 Å². The van der Waals surface area contributed by atoms with Crippen LogP contribution in [0, 0.1) is 5.41 Å². The quantitative estimate of drug-likeness (QED) is 0.628. The molecule has 3 heteroatoms. The molecule has 0 fully saturated rings. The van der Waals surface area contributed by atoms with Gasteiger partial charge in [-0.25, -0.2) is 0 Å². The first kappa shape index (κ1) is 18.2. The predicted molar refractivity (Wildman–Crippen MR) is 101 cm³/mol. The Morgan fingerprint density at radius 1 is 0.833 bits per heavy atom. The zero-order chi connectivity index (χ0) is 18.0. The second kappa shape index (κ2) is 6.76. The van der Waals surface area contributed by atoms with E-state index < -0.39 is 0 Å². The molecule has 0 saturated heterocycles. The summed E-state index contributed by atoms with van der Waals surface area (Å²) in [6, 6.07) is 13.7. The molecule has 0 aromatic heterocycles. The summed E-state index contributed by atoms with van der Waals surface area (Å²) in [5.74, 6) is 0.173. The molecule has 0 bridgehead atoms. The Kier molecular flexibility index (Phi) is 5.12. The first-order chi connectivity index (χ1) is 11.0. The van der Waals surface area contributed by atoms with Gasteiger partial charge < -0.3 is 5.11 Å². The lowest BCUT2D eigenvalue weighted by molar-refractivity contribution is 0.409. The highest BCUT2D eigenvalue weighted by atomic mass is 16.3. The molecule has 2 aromatic rings. The highest BCUT2D eigenvalue weighted by molar-refractivity contribution is 5.52. The molecule has 0 aliphatic carbocycles. The Bertz CT molecular complexity index is 717. The van der Waals surface area contributed by atoms with Crippen molar-refractivity contribution in [1.29, 1.82) is 0 Å². The van der Waals surface area contributed by atoms with Crippen molar-refractivity contribution in [2.45, 2.75) is 53.4 Å². The van der Waals surface area contributed by atoms with Crippen LogP contribution >= 0.6 is 0 Å². The van der Waals surface area contributed by atoms with E-state index in [9.17, 15) is 5.11 Å². The molecule has 0 spiro atoms. The van der Waals surface area contributed by atoms with Crippen LogP contribution in [-0.2, 0) is 11.8 Å². The molecule has 0 heterocycles. The second-order valence-corrected chi connectivity index (χ2v) is 8.56. The van der Waals surface area contributed by atoms with Gasteiger partial charge in [-0.15, -0.1) is 5.11 Å². The average Bonchev–Trinajstić information content (AvgIpc) is 2.44. The average molecular weight is 324 g/mol. The van der Waals surface area contributed by atoms with E-state index in [0.29, 0.717) is 5.69 Å². The molecule has 0 unspecified atom stereocenters. The third kappa shape index (κ3) is 5.19. The summed E-state index contributed by atoms with van der Waals surface area (Å²) < 4.78 is 0.